The highest BCUT2D eigenvalue weighted by atomic mass is 32.2. The average molecular weight is 497 g/mol. The van der Waals surface area contributed by atoms with Gasteiger partial charge in [-0.2, -0.15) is 0 Å². The molecule has 0 fully saturated rings. The minimum Gasteiger partial charge on any atom is -0.494 e. The zero-order valence-corrected chi connectivity index (χ0v) is 20.4. The molecule has 3 rings (SSSR count). The van der Waals surface area contributed by atoms with Gasteiger partial charge in [0.2, 0.25) is 15.9 Å². The van der Waals surface area contributed by atoms with E-state index in [-0.39, 0.29) is 23.7 Å². The van der Waals surface area contributed by atoms with Gasteiger partial charge in [0, 0.05) is 18.9 Å². The second-order valence-electron chi connectivity index (χ2n) is 7.75. The highest BCUT2D eigenvalue weighted by Gasteiger charge is 2.22. The van der Waals surface area contributed by atoms with E-state index in [1.165, 1.54) is 0 Å². The average Bonchev–Trinajstić information content (AvgIpc) is 2.85. The Morgan fingerprint density at radius 1 is 1.03 bits per heavy atom. The summed E-state index contributed by atoms with van der Waals surface area (Å²) in [6.45, 7) is 2.35. The van der Waals surface area contributed by atoms with Gasteiger partial charge in [0.05, 0.1) is 29.8 Å². The summed E-state index contributed by atoms with van der Waals surface area (Å²) in [5.41, 5.74) is 1.69. The first kappa shape index (κ1) is 25.7. The minimum absolute atomic E-state index is 0.257. The monoisotopic (exact) mass is 496 g/mol. The smallest absolute Gasteiger partial charge is 0.253 e. The third kappa shape index (κ3) is 7.54. The summed E-state index contributed by atoms with van der Waals surface area (Å²) in [5.74, 6) is -0.360. The first-order valence-electron chi connectivity index (χ1n) is 11.0. The predicted molar refractivity (Wildman–Crippen MR) is 135 cm³/mol. The highest BCUT2D eigenvalue weighted by Crippen LogP contribution is 2.22. The number of rotatable bonds is 11. The van der Waals surface area contributed by atoms with Crippen molar-refractivity contribution in [2.24, 2.45) is 0 Å². The topological polar surface area (TPSA) is 118 Å². The summed E-state index contributed by atoms with van der Waals surface area (Å²) in [4.78, 5) is 29.6. The van der Waals surface area contributed by atoms with Gasteiger partial charge < -0.3 is 15.4 Å². The Morgan fingerprint density at radius 2 is 1.77 bits per heavy atom. The van der Waals surface area contributed by atoms with E-state index in [0.29, 0.717) is 18.0 Å². The minimum atomic E-state index is -3.75. The van der Waals surface area contributed by atoms with Crippen LogP contribution in [0.15, 0.2) is 73.1 Å². The first-order chi connectivity index (χ1) is 16.8. The molecule has 2 amide bonds. The quantitative estimate of drug-likeness (QED) is 0.421. The molecule has 0 aliphatic carbocycles. The van der Waals surface area contributed by atoms with E-state index in [1.54, 1.807) is 67.0 Å². The van der Waals surface area contributed by atoms with Gasteiger partial charge in [-0.25, -0.2) is 8.42 Å². The van der Waals surface area contributed by atoms with Gasteiger partial charge in [0.1, 0.15) is 12.3 Å². The van der Waals surface area contributed by atoms with Crippen LogP contribution in [0.3, 0.4) is 0 Å². The fourth-order valence-electron chi connectivity index (χ4n) is 3.22. The summed E-state index contributed by atoms with van der Waals surface area (Å²) in [5, 5.41) is 5.45. The third-order valence-electron chi connectivity index (χ3n) is 4.91. The van der Waals surface area contributed by atoms with E-state index >= 15 is 0 Å². The standard InChI is InChI=1S/C25H28N4O5S/c1-3-15-34-21-12-10-20(11-13-21)29(35(2,32)33)18-24(30)28-23-9-5-4-8-22(23)25(31)27-17-19-7-6-14-26-16-19/h4-14,16H,3,15,17-18H2,1-2H3,(H,27,31)(H,28,30). The Morgan fingerprint density at radius 3 is 2.43 bits per heavy atom. The lowest BCUT2D eigenvalue weighted by Gasteiger charge is -2.22. The molecule has 0 bridgehead atoms. The van der Waals surface area contributed by atoms with Crippen LogP contribution in [0, 0.1) is 0 Å². The van der Waals surface area contributed by atoms with Crippen LogP contribution in [-0.2, 0) is 21.4 Å². The molecule has 2 N–H and O–H groups in total. The zero-order chi connectivity index (χ0) is 25.3. The molecular formula is C25H28N4O5S. The van der Waals surface area contributed by atoms with Gasteiger partial charge in [-0.15, -0.1) is 0 Å². The van der Waals surface area contributed by atoms with Crippen molar-refractivity contribution in [1.29, 1.82) is 0 Å². The molecule has 0 unspecified atom stereocenters. The molecule has 0 aliphatic heterocycles. The third-order valence-corrected chi connectivity index (χ3v) is 6.05. The van der Waals surface area contributed by atoms with Gasteiger partial charge in [-0.1, -0.05) is 25.1 Å². The van der Waals surface area contributed by atoms with Crippen molar-refractivity contribution in [2.75, 3.05) is 29.0 Å². The maximum absolute atomic E-state index is 12.8. The van der Waals surface area contributed by atoms with Crippen LogP contribution in [-0.4, -0.2) is 44.6 Å². The van der Waals surface area contributed by atoms with Gasteiger partial charge in [-0.05, 0) is 54.4 Å². The van der Waals surface area contributed by atoms with Crippen LogP contribution in [0.5, 0.6) is 5.75 Å². The number of pyridine rings is 1. The molecule has 0 saturated heterocycles. The summed E-state index contributed by atoms with van der Waals surface area (Å²) < 4.78 is 31.4. The molecule has 10 heteroatoms. The van der Waals surface area contributed by atoms with E-state index in [9.17, 15) is 18.0 Å². The molecule has 0 aliphatic rings. The fraction of sp³-hybridized carbons (Fsp3) is 0.240. The lowest BCUT2D eigenvalue weighted by atomic mass is 10.1. The summed E-state index contributed by atoms with van der Waals surface area (Å²) >= 11 is 0. The van der Waals surface area contributed by atoms with E-state index in [2.05, 4.69) is 15.6 Å². The maximum atomic E-state index is 12.8. The maximum Gasteiger partial charge on any atom is 0.253 e. The Labute approximate surface area is 205 Å². The number of benzene rings is 2. The van der Waals surface area contributed by atoms with E-state index < -0.39 is 22.5 Å². The van der Waals surface area contributed by atoms with Crippen LogP contribution < -0.4 is 19.7 Å². The molecule has 9 nitrogen and oxygen atoms in total. The van der Waals surface area contributed by atoms with Crippen LogP contribution in [0.4, 0.5) is 11.4 Å². The molecule has 35 heavy (non-hydrogen) atoms. The Balaban J connectivity index is 1.70. The molecule has 1 heterocycles. The second-order valence-corrected chi connectivity index (χ2v) is 9.66. The molecule has 0 spiro atoms. The second kappa shape index (κ2) is 12.0. The summed E-state index contributed by atoms with van der Waals surface area (Å²) in [6.07, 6.45) is 5.17. The number of hydrogen-bond donors (Lipinski definition) is 2. The SMILES string of the molecule is CCCOc1ccc(N(CC(=O)Nc2ccccc2C(=O)NCc2cccnc2)S(C)(=O)=O)cc1. The zero-order valence-electron chi connectivity index (χ0n) is 19.6. The van der Waals surface area contributed by atoms with Crippen molar-refractivity contribution < 1.29 is 22.7 Å². The first-order valence-corrected chi connectivity index (χ1v) is 12.9. The Hall–Kier alpha value is -3.92. The van der Waals surface area contributed by atoms with Crippen molar-refractivity contribution in [3.8, 4) is 5.75 Å². The highest BCUT2D eigenvalue weighted by molar-refractivity contribution is 7.92. The van der Waals surface area contributed by atoms with Crippen molar-refractivity contribution in [3.63, 3.8) is 0 Å². The molecule has 0 saturated carbocycles. The van der Waals surface area contributed by atoms with Gasteiger partial charge in [-0.3, -0.25) is 18.9 Å². The molecule has 0 atom stereocenters. The van der Waals surface area contributed by atoms with Crippen LogP contribution in [0.2, 0.25) is 0 Å². The normalized spacial score (nSPS) is 10.9. The number of nitrogens with zero attached hydrogens (tertiary/aromatic N) is 2. The molecule has 184 valence electrons. The van der Waals surface area contributed by atoms with Gasteiger partial charge in [0.25, 0.3) is 5.91 Å². The summed E-state index contributed by atoms with van der Waals surface area (Å²) in [7, 11) is -3.75. The Bertz CT molecular complexity index is 1250. The lowest BCUT2D eigenvalue weighted by Crippen LogP contribution is -2.37. The number of ether oxygens (including phenoxy) is 1. The molecule has 3 aromatic rings. The van der Waals surface area contributed by atoms with Gasteiger partial charge >= 0.3 is 0 Å². The number of nitrogens with one attached hydrogen (secondary N) is 2. The van der Waals surface area contributed by atoms with E-state index in [4.69, 9.17) is 4.74 Å². The van der Waals surface area contributed by atoms with Crippen LogP contribution >= 0.6 is 0 Å². The van der Waals surface area contributed by atoms with Crippen molar-refractivity contribution in [2.45, 2.75) is 19.9 Å². The van der Waals surface area contributed by atoms with E-state index in [0.717, 1.165) is 22.5 Å². The number of carbonyl (C=O) groups is 2. The number of hydrogen-bond acceptors (Lipinski definition) is 6. The number of aromatic nitrogens is 1. The number of sulfonamides is 1. The number of para-hydroxylation sites is 1. The number of carbonyl (C=O) groups excluding carboxylic acids is 2. The molecule has 0 radical (unpaired) electrons. The van der Waals surface area contributed by atoms with Crippen molar-refractivity contribution >= 4 is 33.2 Å². The molecule has 2 aromatic carbocycles. The molecule has 1 aromatic heterocycles. The van der Waals surface area contributed by atoms with Gasteiger partial charge in [0.15, 0.2) is 0 Å². The van der Waals surface area contributed by atoms with Crippen molar-refractivity contribution in [1.82, 2.24) is 10.3 Å². The fourth-order valence-corrected chi connectivity index (χ4v) is 4.08. The van der Waals surface area contributed by atoms with Crippen molar-refractivity contribution in [3.05, 3.63) is 84.2 Å². The number of amides is 2. The molecular weight excluding hydrogens is 468 g/mol. The lowest BCUT2D eigenvalue weighted by molar-refractivity contribution is -0.114. The van der Waals surface area contributed by atoms with E-state index in [1.807, 2.05) is 13.0 Å². The van der Waals surface area contributed by atoms with Crippen LogP contribution in [0.25, 0.3) is 0 Å². The summed E-state index contributed by atoms with van der Waals surface area (Å²) in [6, 6.07) is 16.6. The number of anilines is 2. The van der Waals surface area contributed by atoms with Crippen LogP contribution in [0.1, 0.15) is 29.3 Å². The largest absolute Gasteiger partial charge is 0.494 e. The Kier molecular flexibility index (Phi) is 8.80. The predicted octanol–water partition coefficient (Wildman–Crippen LogP) is 3.21.